The Labute approximate surface area is 127 Å². The van der Waals surface area contributed by atoms with Crippen molar-refractivity contribution in [2.75, 3.05) is 6.54 Å². The van der Waals surface area contributed by atoms with Crippen LogP contribution in [0.1, 0.15) is 48.3 Å². The van der Waals surface area contributed by atoms with Crippen LogP contribution in [0.4, 0.5) is 4.79 Å². The van der Waals surface area contributed by atoms with Crippen molar-refractivity contribution in [2.24, 2.45) is 0 Å². The van der Waals surface area contributed by atoms with E-state index in [0.717, 1.165) is 11.3 Å². The second-order valence-electron chi connectivity index (χ2n) is 5.65. The molecular weight excluding hydrogens is 294 g/mol. The molecule has 118 valence electrons. The van der Waals surface area contributed by atoms with Gasteiger partial charge in [-0.3, -0.25) is 4.79 Å². The number of carbonyl (C=O) groups is 2. The standard InChI is InChI=1S/C14H21NO5S/c1-8(16)10-5-6-11(21-10)12(18)9(17)7-15-13(19)20-14(2,3)4/h5-6,9,12,17-18H,7H2,1-4H3,(H,15,19). The van der Waals surface area contributed by atoms with Gasteiger partial charge in [-0.05, 0) is 39.8 Å². The molecule has 2 atom stereocenters. The van der Waals surface area contributed by atoms with Gasteiger partial charge in [-0.2, -0.15) is 0 Å². The van der Waals surface area contributed by atoms with E-state index >= 15 is 0 Å². The number of amides is 1. The summed E-state index contributed by atoms with van der Waals surface area (Å²) in [4.78, 5) is 23.6. The van der Waals surface area contributed by atoms with E-state index < -0.39 is 23.9 Å². The summed E-state index contributed by atoms with van der Waals surface area (Å²) in [7, 11) is 0. The highest BCUT2D eigenvalue weighted by Crippen LogP contribution is 2.25. The molecule has 0 aliphatic carbocycles. The summed E-state index contributed by atoms with van der Waals surface area (Å²) in [6, 6.07) is 3.18. The van der Waals surface area contributed by atoms with Crippen molar-refractivity contribution in [3.8, 4) is 0 Å². The average molecular weight is 315 g/mol. The van der Waals surface area contributed by atoms with Crippen LogP contribution in [0, 0.1) is 0 Å². The van der Waals surface area contributed by atoms with Gasteiger partial charge in [0.25, 0.3) is 0 Å². The van der Waals surface area contributed by atoms with Crippen molar-refractivity contribution in [1.82, 2.24) is 5.32 Å². The van der Waals surface area contributed by atoms with Gasteiger partial charge in [0.2, 0.25) is 0 Å². The normalized spacial score (nSPS) is 14.4. The molecule has 1 aromatic heterocycles. The number of alkyl carbamates (subject to hydrolysis) is 1. The number of hydrogen-bond donors (Lipinski definition) is 3. The first-order valence-electron chi connectivity index (χ1n) is 6.54. The van der Waals surface area contributed by atoms with Gasteiger partial charge >= 0.3 is 6.09 Å². The minimum atomic E-state index is -1.18. The lowest BCUT2D eigenvalue weighted by Gasteiger charge is -2.21. The number of Topliss-reactive ketones (excluding diaryl/α,β-unsaturated/α-hetero) is 1. The number of aliphatic hydroxyl groups excluding tert-OH is 2. The van der Waals surface area contributed by atoms with Crippen molar-refractivity contribution < 1.29 is 24.5 Å². The number of nitrogens with one attached hydrogen (secondary N) is 1. The molecule has 1 aromatic rings. The topological polar surface area (TPSA) is 95.9 Å². The molecule has 1 amide bonds. The number of aliphatic hydroxyl groups is 2. The number of thiophene rings is 1. The fraction of sp³-hybridized carbons (Fsp3) is 0.571. The Bertz CT molecular complexity index is 506. The fourth-order valence-electron chi connectivity index (χ4n) is 1.50. The number of carbonyl (C=O) groups excluding carboxylic acids is 2. The molecule has 0 saturated heterocycles. The molecule has 0 saturated carbocycles. The van der Waals surface area contributed by atoms with Crippen LogP contribution in [-0.4, -0.2) is 40.3 Å². The summed E-state index contributed by atoms with van der Waals surface area (Å²) in [5.74, 6) is -0.0974. The Kier molecular flexibility index (Phi) is 5.88. The first-order valence-corrected chi connectivity index (χ1v) is 7.35. The van der Waals surface area contributed by atoms with Crippen LogP contribution in [0.15, 0.2) is 12.1 Å². The fourth-order valence-corrected chi connectivity index (χ4v) is 2.45. The summed E-state index contributed by atoms with van der Waals surface area (Å²) in [6.07, 6.45) is -3.02. The van der Waals surface area contributed by atoms with E-state index in [-0.39, 0.29) is 12.3 Å². The van der Waals surface area contributed by atoms with Gasteiger partial charge in [0.15, 0.2) is 5.78 Å². The Morgan fingerprint density at radius 1 is 1.33 bits per heavy atom. The maximum absolute atomic E-state index is 11.4. The van der Waals surface area contributed by atoms with Crippen LogP contribution in [0.3, 0.4) is 0 Å². The quantitative estimate of drug-likeness (QED) is 0.721. The third-order valence-corrected chi connectivity index (χ3v) is 3.74. The summed E-state index contributed by atoms with van der Waals surface area (Å²) >= 11 is 1.12. The Balaban J connectivity index is 2.52. The van der Waals surface area contributed by atoms with Gasteiger partial charge in [0, 0.05) is 11.4 Å². The molecule has 0 aliphatic heterocycles. The molecule has 21 heavy (non-hydrogen) atoms. The molecule has 0 fully saturated rings. The van der Waals surface area contributed by atoms with E-state index in [9.17, 15) is 19.8 Å². The highest BCUT2D eigenvalue weighted by molar-refractivity contribution is 7.14. The van der Waals surface area contributed by atoms with Crippen LogP contribution in [0.2, 0.25) is 0 Å². The highest BCUT2D eigenvalue weighted by Gasteiger charge is 2.23. The van der Waals surface area contributed by atoms with E-state index in [1.165, 1.54) is 6.92 Å². The molecule has 0 bridgehead atoms. The molecule has 0 aromatic carbocycles. The van der Waals surface area contributed by atoms with Crippen molar-refractivity contribution >= 4 is 23.2 Å². The van der Waals surface area contributed by atoms with Crippen LogP contribution in [0.5, 0.6) is 0 Å². The molecule has 6 nitrogen and oxygen atoms in total. The largest absolute Gasteiger partial charge is 0.444 e. The summed E-state index contributed by atoms with van der Waals surface area (Å²) in [5.41, 5.74) is -0.627. The van der Waals surface area contributed by atoms with Crippen molar-refractivity contribution in [2.45, 2.75) is 45.5 Å². The smallest absolute Gasteiger partial charge is 0.407 e. The van der Waals surface area contributed by atoms with Gasteiger partial charge in [-0.1, -0.05) is 0 Å². The van der Waals surface area contributed by atoms with Crippen molar-refractivity contribution in [3.63, 3.8) is 0 Å². The zero-order chi connectivity index (χ0) is 16.2. The molecule has 3 N–H and O–H groups in total. The second kappa shape index (κ2) is 7.02. The van der Waals surface area contributed by atoms with Gasteiger partial charge in [-0.25, -0.2) is 4.79 Å². The minimum Gasteiger partial charge on any atom is -0.444 e. The second-order valence-corrected chi connectivity index (χ2v) is 6.77. The summed E-state index contributed by atoms with van der Waals surface area (Å²) in [5, 5.41) is 22.2. The lowest BCUT2D eigenvalue weighted by molar-refractivity contribution is 0.0146. The van der Waals surface area contributed by atoms with Crippen LogP contribution >= 0.6 is 11.3 Å². The van der Waals surface area contributed by atoms with E-state index in [0.29, 0.717) is 9.75 Å². The summed E-state index contributed by atoms with van der Waals surface area (Å²) < 4.78 is 5.02. The van der Waals surface area contributed by atoms with Gasteiger partial charge in [0.05, 0.1) is 4.88 Å². The van der Waals surface area contributed by atoms with Crippen LogP contribution < -0.4 is 5.32 Å². The molecule has 0 aliphatic rings. The van der Waals surface area contributed by atoms with Gasteiger partial charge < -0.3 is 20.3 Å². The lowest BCUT2D eigenvalue weighted by atomic mass is 10.1. The maximum atomic E-state index is 11.4. The zero-order valence-corrected chi connectivity index (χ0v) is 13.4. The van der Waals surface area contributed by atoms with Crippen LogP contribution in [0.25, 0.3) is 0 Å². The third-order valence-electron chi connectivity index (χ3n) is 2.48. The third kappa shape index (κ3) is 5.82. The van der Waals surface area contributed by atoms with Crippen molar-refractivity contribution in [1.29, 1.82) is 0 Å². The zero-order valence-electron chi connectivity index (χ0n) is 12.5. The van der Waals surface area contributed by atoms with Gasteiger partial charge in [-0.15, -0.1) is 11.3 Å². The molecule has 0 radical (unpaired) electrons. The Hall–Kier alpha value is -1.44. The number of hydrogen-bond acceptors (Lipinski definition) is 6. The first kappa shape index (κ1) is 17.6. The molecule has 1 heterocycles. The van der Waals surface area contributed by atoms with E-state index in [4.69, 9.17) is 4.74 Å². The highest BCUT2D eigenvalue weighted by atomic mass is 32.1. The average Bonchev–Trinajstić information content (AvgIpc) is 2.82. The van der Waals surface area contributed by atoms with Gasteiger partial charge in [0.1, 0.15) is 17.8 Å². The molecule has 7 heteroatoms. The first-order chi connectivity index (χ1) is 9.60. The molecular formula is C14H21NO5S. The van der Waals surface area contributed by atoms with E-state index in [1.807, 2.05) is 0 Å². The van der Waals surface area contributed by atoms with Crippen LogP contribution in [-0.2, 0) is 4.74 Å². The van der Waals surface area contributed by atoms with E-state index in [2.05, 4.69) is 5.32 Å². The number of rotatable bonds is 5. The van der Waals surface area contributed by atoms with Crippen molar-refractivity contribution in [3.05, 3.63) is 21.9 Å². The maximum Gasteiger partial charge on any atom is 0.407 e. The predicted octanol–water partition coefficient (Wildman–Crippen LogP) is 1.87. The molecule has 1 rings (SSSR count). The Morgan fingerprint density at radius 2 is 1.95 bits per heavy atom. The summed E-state index contributed by atoms with van der Waals surface area (Å²) in [6.45, 7) is 6.47. The van der Waals surface area contributed by atoms with E-state index in [1.54, 1.807) is 32.9 Å². The predicted molar refractivity (Wildman–Crippen MR) is 79.5 cm³/mol. The SMILES string of the molecule is CC(=O)c1ccc(C(O)C(O)CNC(=O)OC(C)(C)C)s1. The number of ketones is 1. The number of ether oxygens (including phenoxy) is 1. The molecule has 0 spiro atoms. The molecule has 2 unspecified atom stereocenters. The lowest BCUT2D eigenvalue weighted by Crippen LogP contribution is -2.38. The monoisotopic (exact) mass is 315 g/mol. The minimum absolute atomic E-state index is 0.0974. The Morgan fingerprint density at radius 3 is 2.43 bits per heavy atom.